The number of aryl methyl sites for hydroxylation is 1. The van der Waals surface area contributed by atoms with Crippen LogP contribution in [0, 0.1) is 6.92 Å². The molecule has 0 saturated carbocycles. The predicted molar refractivity (Wildman–Crippen MR) is 144 cm³/mol. The van der Waals surface area contributed by atoms with Crippen LogP contribution in [-0.4, -0.2) is 43.8 Å². The van der Waals surface area contributed by atoms with E-state index < -0.39 is 43.0 Å². The van der Waals surface area contributed by atoms with Crippen molar-refractivity contribution in [2.45, 2.75) is 43.7 Å². The topological polar surface area (TPSA) is 86.7 Å². The highest BCUT2D eigenvalue weighted by Gasteiger charge is 2.49. The Kier molecular flexibility index (Phi) is 6.92. The predicted octanol–water partition coefficient (Wildman–Crippen LogP) is 6.44. The molecule has 0 aromatic heterocycles. The molecule has 0 atom stereocenters. The molecule has 0 spiro atoms. The highest BCUT2D eigenvalue weighted by atomic mass is 32.3. The first-order valence-corrected chi connectivity index (χ1v) is 15.6. The highest BCUT2D eigenvalue weighted by Crippen LogP contribution is 2.66. The summed E-state index contributed by atoms with van der Waals surface area (Å²) in [4.78, 5) is 26.3. The van der Waals surface area contributed by atoms with Gasteiger partial charge in [0.05, 0.1) is 5.56 Å². The molecule has 0 bridgehead atoms. The molecule has 1 aliphatic heterocycles. The molecule has 11 heteroatoms. The van der Waals surface area contributed by atoms with Crippen LogP contribution in [0.1, 0.15) is 47.8 Å². The van der Waals surface area contributed by atoms with E-state index in [1.807, 2.05) is 19.4 Å². The van der Waals surface area contributed by atoms with Crippen LogP contribution < -0.4 is 4.18 Å². The summed E-state index contributed by atoms with van der Waals surface area (Å²) < 4.78 is 72.2. The van der Waals surface area contributed by atoms with Crippen LogP contribution in [0.25, 0.3) is 5.57 Å². The van der Waals surface area contributed by atoms with E-state index in [2.05, 4.69) is 4.18 Å². The van der Waals surface area contributed by atoms with E-state index in [0.29, 0.717) is 26.5 Å². The van der Waals surface area contributed by atoms with Crippen LogP contribution in [0.4, 0.5) is 13.2 Å². The van der Waals surface area contributed by atoms with Crippen molar-refractivity contribution in [2.24, 2.45) is 0 Å². The van der Waals surface area contributed by atoms with Crippen molar-refractivity contribution in [3.05, 3.63) is 87.4 Å². The van der Waals surface area contributed by atoms with Gasteiger partial charge >= 0.3 is 21.6 Å². The summed E-state index contributed by atoms with van der Waals surface area (Å²) in [5.74, 6) is -1.20. The number of halogens is 3. The molecule has 0 fully saturated rings. The van der Waals surface area contributed by atoms with Crippen molar-refractivity contribution in [1.29, 1.82) is 0 Å². The molecule has 4 rings (SSSR count). The van der Waals surface area contributed by atoms with Gasteiger partial charge in [-0.2, -0.15) is 31.6 Å². The first-order valence-electron chi connectivity index (χ1n) is 11.7. The van der Waals surface area contributed by atoms with Crippen LogP contribution in [0.5, 0.6) is 5.75 Å². The average molecular weight is 581 g/mol. The number of ether oxygens (including phenoxy) is 1. The molecule has 2 aromatic carbocycles. The van der Waals surface area contributed by atoms with Gasteiger partial charge in [0.2, 0.25) is 0 Å². The van der Waals surface area contributed by atoms with Gasteiger partial charge in [0.1, 0.15) is 11.4 Å². The maximum atomic E-state index is 13.0. The van der Waals surface area contributed by atoms with E-state index in [0.717, 1.165) is 16.7 Å². The van der Waals surface area contributed by atoms with Crippen molar-refractivity contribution >= 4 is 37.5 Å². The second-order valence-corrected chi connectivity index (χ2v) is 15.6. The molecule has 6 nitrogen and oxygen atoms in total. The summed E-state index contributed by atoms with van der Waals surface area (Å²) in [7, 11) is -7.86. The number of fused-ring (bicyclic) bond motifs is 2. The lowest BCUT2D eigenvalue weighted by Crippen LogP contribution is -2.28. The SMILES string of the molecule is Cc1cc(C(=O)OC(C)(C)C)ccc1C1=C2C=CC(=O)C=C2S(C)(C)c2cc(OS(=O)(=O)C(F)(F)F)ccc21. The fourth-order valence-corrected chi connectivity index (χ4v) is 7.40. The molecule has 0 N–H and O–H groups in total. The summed E-state index contributed by atoms with van der Waals surface area (Å²) >= 11 is 0. The van der Waals surface area contributed by atoms with Gasteiger partial charge in [-0.15, -0.1) is 0 Å². The van der Waals surface area contributed by atoms with E-state index in [1.165, 1.54) is 30.4 Å². The fraction of sp³-hybridized carbons (Fsp3) is 0.286. The number of rotatable bonds is 4. The highest BCUT2D eigenvalue weighted by molar-refractivity contribution is 8.36. The maximum absolute atomic E-state index is 13.0. The van der Waals surface area contributed by atoms with Crippen LogP contribution >= 0.6 is 10.0 Å². The third-order valence-corrected chi connectivity index (χ3v) is 10.0. The van der Waals surface area contributed by atoms with E-state index in [-0.39, 0.29) is 5.78 Å². The third kappa shape index (κ3) is 5.42. The van der Waals surface area contributed by atoms with Gasteiger partial charge < -0.3 is 8.92 Å². The zero-order chi connectivity index (χ0) is 29.1. The van der Waals surface area contributed by atoms with E-state index >= 15 is 0 Å². The fourth-order valence-electron chi connectivity index (χ4n) is 4.45. The second kappa shape index (κ2) is 9.41. The first-order chi connectivity index (χ1) is 17.8. The van der Waals surface area contributed by atoms with Gasteiger partial charge in [-0.25, -0.2) is 4.79 Å². The minimum Gasteiger partial charge on any atom is -0.456 e. The quantitative estimate of drug-likeness (QED) is 0.235. The minimum atomic E-state index is -5.87. The number of hydrogen-bond donors (Lipinski definition) is 0. The van der Waals surface area contributed by atoms with Crippen molar-refractivity contribution in [1.82, 2.24) is 0 Å². The molecule has 208 valence electrons. The van der Waals surface area contributed by atoms with Gasteiger partial charge in [0, 0.05) is 9.80 Å². The molecule has 2 aliphatic rings. The molecule has 2 aromatic rings. The molecular weight excluding hydrogens is 553 g/mol. The standard InChI is InChI=1S/C28H27F3O6S2/c1-16-13-17(26(33)36-27(2,3)4)7-10-20(16)25-21-11-8-18(32)14-23(21)38(5,6)24-15-19(9-12-22(24)25)37-39(34,35)28(29,30)31/h7-15H,1-6H3. The summed E-state index contributed by atoms with van der Waals surface area (Å²) in [5.41, 5.74) is -2.32. The second-order valence-electron chi connectivity index (χ2n) is 10.5. The number of esters is 1. The third-order valence-electron chi connectivity index (χ3n) is 6.16. The Balaban J connectivity index is 1.91. The summed E-state index contributed by atoms with van der Waals surface area (Å²) in [5, 5.41) is 0. The molecule has 39 heavy (non-hydrogen) atoms. The van der Waals surface area contributed by atoms with Crippen LogP contribution in [0.15, 0.2) is 70.0 Å². The lowest BCUT2D eigenvalue weighted by atomic mass is 9.87. The molecule has 0 saturated heterocycles. The van der Waals surface area contributed by atoms with Crippen molar-refractivity contribution in [2.75, 3.05) is 12.5 Å². The number of carbonyl (C=O) groups is 2. The Morgan fingerprint density at radius 2 is 1.59 bits per heavy atom. The Labute approximate surface area is 226 Å². The minimum absolute atomic E-state index is 0.235. The lowest BCUT2D eigenvalue weighted by Gasteiger charge is -2.43. The molecule has 0 unspecified atom stereocenters. The molecule has 1 aliphatic carbocycles. The van der Waals surface area contributed by atoms with Gasteiger partial charge in [0.25, 0.3) is 0 Å². The summed E-state index contributed by atoms with van der Waals surface area (Å²) in [6, 6.07) is 9.07. The monoisotopic (exact) mass is 580 g/mol. The van der Waals surface area contributed by atoms with Crippen molar-refractivity contribution < 1.29 is 40.1 Å². The van der Waals surface area contributed by atoms with Gasteiger partial charge in [-0.1, -0.05) is 6.07 Å². The zero-order valence-electron chi connectivity index (χ0n) is 22.1. The number of benzene rings is 2. The molecular formula is C28H27F3O6S2. The Morgan fingerprint density at radius 3 is 2.18 bits per heavy atom. The summed E-state index contributed by atoms with van der Waals surface area (Å²) in [6.45, 7) is 7.12. The number of alkyl halides is 3. The van der Waals surface area contributed by atoms with Crippen LogP contribution in [-0.2, 0) is 19.6 Å². The van der Waals surface area contributed by atoms with Crippen molar-refractivity contribution in [3.63, 3.8) is 0 Å². The number of ketones is 1. The molecule has 0 amide bonds. The van der Waals surface area contributed by atoms with E-state index in [4.69, 9.17) is 4.74 Å². The summed E-state index contributed by atoms with van der Waals surface area (Å²) in [6.07, 6.45) is 8.41. The number of allylic oxidation sites excluding steroid dienone is 4. The molecule has 1 heterocycles. The van der Waals surface area contributed by atoms with Crippen LogP contribution in [0.2, 0.25) is 0 Å². The van der Waals surface area contributed by atoms with Gasteiger partial charge in [-0.3, -0.25) is 4.79 Å². The normalized spacial score (nSPS) is 17.7. The van der Waals surface area contributed by atoms with E-state index in [1.54, 1.807) is 45.0 Å². The van der Waals surface area contributed by atoms with Crippen LogP contribution in [0.3, 0.4) is 0 Å². The largest absolute Gasteiger partial charge is 0.534 e. The number of hydrogen-bond acceptors (Lipinski definition) is 6. The van der Waals surface area contributed by atoms with Gasteiger partial charge in [-0.05, 0) is 117 Å². The average Bonchev–Trinajstić information content (AvgIpc) is 2.78. The smallest absolute Gasteiger partial charge is 0.456 e. The lowest BCUT2D eigenvalue weighted by molar-refractivity contribution is -0.110. The first kappa shape index (κ1) is 28.7. The Morgan fingerprint density at radius 1 is 0.949 bits per heavy atom. The zero-order valence-corrected chi connectivity index (χ0v) is 23.7. The Bertz CT molecular complexity index is 1600. The maximum Gasteiger partial charge on any atom is 0.534 e. The van der Waals surface area contributed by atoms with Crippen molar-refractivity contribution in [3.8, 4) is 5.75 Å². The number of carbonyl (C=O) groups excluding carboxylic acids is 2. The Hall–Kier alpha value is -3.31. The molecule has 0 radical (unpaired) electrons. The van der Waals surface area contributed by atoms with E-state index in [9.17, 15) is 31.2 Å². The van der Waals surface area contributed by atoms with Gasteiger partial charge in [0.15, 0.2) is 5.78 Å².